The monoisotopic (exact) mass is 385 g/mol. The first-order valence-electron chi connectivity index (χ1n) is 7.97. The van der Waals surface area contributed by atoms with Gasteiger partial charge in [0.05, 0.1) is 12.8 Å². The van der Waals surface area contributed by atoms with Crippen molar-refractivity contribution in [3.05, 3.63) is 76.7 Å². The summed E-state index contributed by atoms with van der Waals surface area (Å²) in [5.74, 6) is 0.190. The number of nitrogens with zero attached hydrogens (tertiary/aromatic N) is 1. The zero-order valence-corrected chi connectivity index (χ0v) is 15.1. The van der Waals surface area contributed by atoms with Gasteiger partial charge in [-0.2, -0.15) is 0 Å². The van der Waals surface area contributed by atoms with E-state index in [1.807, 2.05) is 18.2 Å². The number of carboxylic acids is 1. The molecule has 0 aliphatic heterocycles. The van der Waals surface area contributed by atoms with E-state index in [1.165, 1.54) is 13.2 Å². The number of furan rings is 1. The number of aliphatic imine (C=N–C) groups is 1. The second-order valence-corrected chi connectivity index (χ2v) is 5.94. The molecule has 0 spiro atoms. The largest absolute Gasteiger partial charge is 0.493 e. The molecule has 0 unspecified atom stereocenters. The molecule has 0 aliphatic carbocycles. The molecule has 1 N–H and O–H groups in total. The molecule has 0 bridgehead atoms. The van der Waals surface area contributed by atoms with Crippen LogP contribution in [0.3, 0.4) is 0 Å². The number of methoxy groups -OCH3 is 1. The fourth-order valence-electron chi connectivity index (χ4n) is 2.28. The minimum atomic E-state index is -1.12. The van der Waals surface area contributed by atoms with Crippen LogP contribution in [0, 0.1) is 0 Å². The number of hydrogen-bond acceptors (Lipinski definition) is 5. The van der Waals surface area contributed by atoms with Gasteiger partial charge in [0.2, 0.25) is 5.76 Å². The van der Waals surface area contributed by atoms with Gasteiger partial charge in [0.1, 0.15) is 12.4 Å². The lowest BCUT2D eigenvalue weighted by Crippen LogP contribution is -1.98. The third kappa shape index (κ3) is 4.89. The third-order valence-corrected chi connectivity index (χ3v) is 3.87. The Hall–Kier alpha value is -3.25. The van der Waals surface area contributed by atoms with Crippen LogP contribution in [0.2, 0.25) is 5.02 Å². The van der Waals surface area contributed by atoms with E-state index >= 15 is 0 Å². The van der Waals surface area contributed by atoms with E-state index in [0.717, 1.165) is 11.3 Å². The van der Waals surface area contributed by atoms with Crippen molar-refractivity contribution < 1.29 is 23.8 Å². The maximum absolute atomic E-state index is 10.8. The summed E-state index contributed by atoms with van der Waals surface area (Å²) >= 11 is 5.86. The number of rotatable bonds is 7. The van der Waals surface area contributed by atoms with Gasteiger partial charge in [0.15, 0.2) is 11.5 Å². The van der Waals surface area contributed by atoms with E-state index in [4.69, 9.17) is 30.6 Å². The molecule has 0 aliphatic rings. The summed E-state index contributed by atoms with van der Waals surface area (Å²) in [5.41, 5.74) is 1.62. The number of hydrogen-bond donors (Lipinski definition) is 1. The van der Waals surface area contributed by atoms with E-state index in [0.29, 0.717) is 22.3 Å². The molecular weight excluding hydrogens is 370 g/mol. The first-order valence-corrected chi connectivity index (χ1v) is 8.35. The number of carbonyl (C=O) groups is 1. The average molecular weight is 386 g/mol. The summed E-state index contributed by atoms with van der Waals surface area (Å²) in [6.07, 6.45) is 1.71. The van der Waals surface area contributed by atoms with Crippen LogP contribution >= 0.6 is 11.6 Å². The molecule has 0 atom stereocenters. The summed E-state index contributed by atoms with van der Waals surface area (Å²) in [7, 11) is 1.54. The molecule has 0 saturated carbocycles. The summed E-state index contributed by atoms with van der Waals surface area (Å²) in [5, 5.41) is 9.53. The summed E-state index contributed by atoms with van der Waals surface area (Å²) < 4.78 is 16.2. The molecule has 27 heavy (non-hydrogen) atoms. The van der Waals surface area contributed by atoms with Crippen molar-refractivity contribution in [1.82, 2.24) is 0 Å². The van der Waals surface area contributed by atoms with E-state index in [-0.39, 0.29) is 12.4 Å². The Kier molecular flexibility index (Phi) is 5.78. The highest BCUT2D eigenvalue weighted by Crippen LogP contribution is 2.29. The van der Waals surface area contributed by atoms with E-state index in [1.54, 1.807) is 36.5 Å². The molecule has 3 aromatic rings. The first-order chi connectivity index (χ1) is 13.0. The van der Waals surface area contributed by atoms with Gasteiger partial charge in [-0.05, 0) is 60.2 Å². The lowest BCUT2D eigenvalue weighted by Gasteiger charge is -2.10. The molecule has 0 saturated heterocycles. The van der Waals surface area contributed by atoms with Crippen LogP contribution in [-0.2, 0) is 6.61 Å². The molecule has 0 amide bonds. The Morgan fingerprint density at radius 3 is 2.59 bits per heavy atom. The molecule has 6 nitrogen and oxygen atoms in total. The number of carboxylic acid groups (broad SMARTS) is 1. The lowest BCUT2D eigenvalue weighted by molar-refractivity contribution is 0.0658. The van der Waals surface area contributed by atoms with Crippen LogP contribution in [0.25, 0.3) is 0 Å². The zero-order valence-electron chi connectivity index (χ0n) is 14.4. The topological polar surface area (TPSA) is 81.3 Å². The molecule has 1 aromatic heterocycles. The number of halogens is 1. The predicted octanol–water partition coefficient (Wildman–Crippen LogP) is 4.97. The number of ether oxygens (including phenoxy) is 2. The van der Waals surface area contributed by atoms with Crippen LogP contribution < -0.4 is 9.47 Å². The van der Waals surface area contributed by atoms with Gasteiger partial charge in [-0.1, -0.05) is 11.6 Å². The summed E-state index contributed by atoms with van der Waals surface area (Å²) in [4.78, 5) is 15.2. The second-order valence-electron chi connectivity index (χ2n) is 5.50. The lowest BCUT2D eigenvalue weighted by atomic mass is 10.2. The minimum Gasteiger partial charge on any atom is -0.493 e. The second kappa shape index (κ2) is 8.42. The fraction of sp³-hybridized carbons (Fsp3) is 0.100. The highest BCUT2D eigenvalue weighted by Gasteiger charge is 2.11. The minimum absolute atomic E-state index is 0.0852. The van der Waals surface area contributed by atoms with Crippen LogP contribution in [-0.4, -0.2) is 24.4 Å². The Balaban J connectivity index is 1.69. The van der Waals surface area contributed by atoms with Crippen molar-refractivity contribution in [3.63, 3.8) is 0 Å². The smallest absolute Gasteiger partial charge is 0.371 e. The summed E-state index contributed by atoms with van der Waals surface area (Å²) in [6, 6.07) is 15.5. The molecule has 138 valence electrons. The Morgan fingerprint density at radius 2 is 1.93 bits per heavy atom. The molecular formula is C20H16ClNO5. The molecule has 2 aromatic carbocycles. The highest BCUT2D eigenvalue weighted by molar-refractivity contribution is 6.30. The van der Waals surface area contributed by atoms with Gasteiger partial charge >= 0.3 is 5.97 Å². The van der Waals surface area contributed by atoms with Crippen molar-refractivity contribution in [2.45, 2.75) is 6.61 Å². The van der Waals surface area contributed by atoms with Gasteiger partial charge in [0.25, 0.3) is 0 Å². The molecule has 3 rings (SSSR count). The van der Waals surface area contributed by atoms with Crippen molar-refractivity contribution in [3.8, 4) is 11.5 Å². The van der Waals surface area contributed by atoms with E-state index < -0.39 is 5.97 Å². The fourth-order valence-corrected chi connectivity index (χ4v) is 2.41. The average Bonchev–Trinajstić information content (AvgIpc) is 3.15. The molecule has 1 heterocycles. The van der Waals surface area contributed by atoms with Gasteiger partial charge < -0.3 is 19.0 Å². The van der Waals surface area contributed by atoms with E-state index in [9.17, 15) is 4.79 Å². The van der Waals surface area contributed by atoms with E-state index in [2.05, 4.69) is 4.99 Å². The Labute approximate surface area is 160 Å². The van der Waals surface area contributed by atoms with Crippen LogP contribution in [0.1, 0.15) is 21.9 Å². The maximum Gasteiger partial charge on any atom is 0.371 e. The molecule has 7 heteroatoms. The molecule has 0 radical (unpaired) electrons. The maximum atomic E-state index is 10.8. The van der Waals surface area contributed by atoms with Crippen molar-refractivity contribution in [2.75, 3.05) is 7.11 Å². The van der Waals surface area contributed by atoms with Crippen molar-refractivity contribution >= 4 is 29.5 Å². The number of benzene rings is 2. The van der Waals surface area contributed by atoms with Gasteiger partial charge in [-0.25, -0.2) is 4.79 Å². The van der Waals surface area contributed by atoms with Crippen molar-refractivity contribution in [2.24, 2.45) is 4.99 Å². The zero-order chi connectivity index (χ0) is 19.2. The van der Waals surface area contributed by atoms with Crippen molar-refractivity contribution in [1.29, 1.82) is 0 Å². The molecule has 0 fully saturated rings. The highest BCUT2D eigenvalue weighted by atomic mass is 35.5. The van der Waals surface area contributed by atoms with Gasteiger partial charge in [-0.15, -0.1) is 0 Å². The number of aromatic carboxylic acids is 1. The Bertz CT molecular complexity index is 963. The summed E-state index contributed by atoms with van der Waals surface area (Å²) in [6.45, 7) is 0.0852. The quantitative estimate of drug-likeness (QED) is 0.581. The third-order valence-electron chi connectivity index (χ3n) is 3.62. The van der Waals surface area contributed by atoms with Crippen LogP contribution in [0.15, 0.2) is 64.0 Å². The van der Waals surface area contributed by atoms with Gasteiger partial charge in [0, 0.05) is 11.2 Å². The first kappa shape index (κ1) is 18.5. The van der Waals surface area contributed by atoms with Gasteiger partial charge in [-0.3, -0.25) is 4.99 Å². The standard InChI is InChI=1S/C20H16ClNO5/c1-25-19-10-13(11-22-15-5-3-14(21)4-6-15)2-8-17(19)26-12-16-7-9-18(27-16)20(23)24/h2-11H,12H2,1H3,(H,23,24). The predicted molar refractivity (Wildman–Crippen MR) is 102 cm³/mol. The SMILES string of the molecule is COc1cc(C=Nc2ccc(Cl)cc2)ccc1OCc1ccc(C(=O)O)o1. The normalized spacial score (nSPS) is 10.9. The Morgan fingerprint density at radius 1 is 1.15 bits per heavy atom. The van der Waals surface area contributed by atoms with Crippen LogP contribution in [0.5, 0.6) is 11.5 Å². The van der Waals surface area contributed by atoms with Crippen LogP contribution in [0.4, 0.5) is 5.69 Å².